The number of carbonyl (C=O) groups is 2. The molecule has 0 radical (unpaired) electrons. The Morgan fingerprint density at radius 1 is 1.06 bits per heavy atom. The molecule has 1 aliphatic rings. The van der Waals surface area contributed by atoms with E-state index in [2.05, 4.69) is 46.2 Å². The average Bonchev–Trinajstić information content (AvgIpc) is 3.34. The number of carboxylic acids is 2. The van der Waals surface area contributed by atoms with Gasteiger partial charge in [0, 0.05) is 50.8 Å². The molecule has 2 N–H and O–H groups in total. The van der Waals surface area contributed by atoms with Crippen molar-refractivity contribution in [1.82, 2.24) is 24.6 Å². The molecule has 3 heterocycles. The van der Waals surface area contributed by atoms with E-state index in [1.807, 2.05) is 36.4 Å². The van der Waals surface area contributed by atoms with Gasteiger partial charge in [0.05, 0.1) is 6.20 Å². The molecule has 0 unspecified atom stereocenters. The lowest BCUT2D eigenvalue weighted by Gasteiger charge is -2.31. The third-order valence-electron chi connectivity index (χ3n) is 5.09. The van der Waals surface area contributed by atoms with E-state index >= 15 is 0 Å². The summed E-state index contributed by atoms with van der Waals surface area (Å²) < 4.78 is 65.4. The normalized spacial score (nSPS) is 18.2. The van der Waals surface area contributed by atoms with Gasteiger partial charge in [0.15, 0.2) is 0 Å². The summed E-state index contributed by atoms with van der Waals surface area (Å²) in [4.78, 5) is 27.0. The van der Waals surface area contributed by atoms with E-state index in [9.17, 15) is 26.3 Å². The van der Waals surface area contributed by atoms with Crippen LogP contribution >= 0.6 is 0 Å². The van der Waals surface area contributed by atoms with E-state index in [0.717, 1.165) is 19.5 Å². The van der Waals surface area contributed by atoms with Crippen molar-refractivity contribution in [2.24, 2.45) is 7.05 Å². The maximum Gasteiger partial charge on any atom is 0.490 e. The molecule has 0 aromatic carbocycles. The summed E-state index contributed by atoms with van der Waals surface area (Å²) in [7, 11) is 6.36. The zero-order chi connectivity index (χ0) is 27.7. The van der Waals surface area contributed by atoms with Crippen LogP contribution in [0.25, 0.3) is 0 Å². The van der Waals surface area contributed by atoms with Crippen LogP contribution in [0.1, 0.15) is 17.5 Å². The van der Waals surface area contributed by atoms with Gasteiger partial charge >= 0.3 is 24.3 Å². The highest BCUT2D eigenvalue weighted by molar-refractivity contribution is 5.73. The first kappa shape index (κ1) is 30.8. The van der Waals surface area contributed by atoms with Gasteiger partial charge < -0.3 is 15.1 Å². The third kappa shape index (κ3) is 10.6. The zero-order valence-electron chi connectivity index (χ0n) is 19.7. The Kier molecular flexibility index (Phi) is 11.3. The molecule has 0 bridgehead atoms. The second-order valence-corrected chi connectivity index (χ2v) is 8.05. The smallest absolute Gasteiger partial charge is 0.475 e. The molecule has 0 spiro atoms. The second kappa shape index (κ2) is 13.2. The fraction of sp³-hybridized carbons (Fsp3) is 0.524. The number of aliphatic carboxylic acids is 2. The number of likely N-dealkylation sites (N-methyl/N-ethyl adjacent to an activating group) is 1. The summed E-state index contributed by atoms with van der Waals surface area (Å²) in [5.74, 6) is -5.51. The maximum atomic E-state index is 10.6. The quantitative estimate of drug-likeness (QED) is 0.572. The van der Waals surface area contributed by atoms with Gasteiger partial charge in [-0.1, -0.05) is 6.07 Å². The number of likely N-dealkylation sites (tertiary alicyclic amines) is 1. The molecule has 2 atom stereocenters. The molecule has 1 fully saturated rings. The minimum absolute atomic E-state index is 0.527. The van der Waals surface area contributed by atoms with E-state index < -0.39 is 24.3 Å². The van der Waals surface area contributed by atoms with Gasteiger partial charge in [-0.25, -0.2) is 9.59 Å². The molecule has 1 saturated heterocycles. The lowest BCUT2D eigenvalue weighted by molar-refractivity contribution is -0.193. The fourth-order valence-corrected chi connectivity index (χ4v) is 3.51. The number of hydrogen-bond donors (Lipinski definition) is 2. The van der Waals surface area contributed by atoms with Crippen LogP contribution in [0.2, 0.25) is 0 Å². The van der Waals surface area contributed by atoms with E-state index in [1.54, 1.807) is 0 Å². The Balaban J connectivity index is 0.000000383. The van der Waals surface area contributed by atoms with Crippen LogP contribution in [0, 0.1) is 0 Å². The monoisotopic (exact) mass is 527 g/mol. The van der Waals surface area contributed by atoms with Crippen LogP contribution < -0.4 is 0 Å². The molecule has 1 aliphatic heterocycles. The fourth-order valence-electron chi connectivity index (χ4n) is 3.51. The summed E-state index contributed by atoms with van der Waals surface area (Å²) >= 11 is 0. The van der Waals surface area contributed by atoms with Crippen LogP contribution in [0.3, 0.4) is 0 Å². The zero-order valence-corrected chi connectivity index (χ0v) is 19.7. The Morgan fingerprint density at radius 3 is 2.00 bits per heavy atom. The number of hydrogen-bond acceptors (Lipinski definition) is 6. The van der Waals surface area contributed by atoms with Gasteiger partial charge in [-0.2, -0.15) is 31.4 Å². The first-order valence-electron chi connectivity index (χ1n) is 10.4. The van der Waals surface area contributed by atoms with Crippen molar-refractivity contribution < 1.29 is 46.1 Å². The number of nitrogens with zero attached hydrogens (tertiary/aromatic N) is 5. The number of aryl methyl sites for hydroxylation is 1. The van der Waals surface area contributed by atoms with Crippen molar-refractivity contribution in [2.75, 3.05) is 20.6 Å². The molecule has 2 aromatic rings. The van der Waals surface area contributed by atoms with Crippen molar-refractivity contribution in [1.29, 1.82) is 0 Å². The first-order chi connectivity index (χ1) is 16.5. The summed E-state index contributed by atoms with van der Waals surface area (Å²) in [5, 5.41) is 18.6. The molecule has 15 heteroatoms. The number of halogens is 6. The van der Waals surface area contributed by atoms with Gasteiger partial charge in [-0.05, 0) is 44.1 Å². The highest BCUT2D eigenvalue weighted by Crippen LogP contribution is 2.26. The largest absolute Gasteiger partial charge is 0.490 e. The molecule has 2 aromatic heterocycles. The van der Waals surface area contributed by atoms with Crippen molar-refractivity contribution >= 4 is 11.9 Å². The summed E-state index contributed by atoms with van der Waals surface area (Å²) in [6, 6.07) is 5.30. The van der Waals surface area contributed by atoms with Crippen molar-refractivity contribution in [3.05, 3.63) is 48.0 Å². The SMILES string of the molecule is CN(C)[C@@H]1CCN(Cc2cccnc2)[C@H]1Cc1cnn(C)c1.O=C(O)C(F)(F)F.O=C(O)C(F)(F)F. The molecule has 202 valence electrons. The number of alkyl halides is 6. The Hall–Kier alpha value is -3.20. The van der Waals surface area contributed by atoms with Gasteiger partial charge in [-0.15, -0.1) is 0 Å². The van der Waals surface area contributed by atoms with Crippen LogP contribution in [-0.2, 0) is 29.6 Å². The second-order valence-electron chi connectivity index (χ2n) is 8.05. The predicted octanol–water partition coefficient (Wildman–Crippen LogP) is 2.83. The number of carboxylic acid groups (broad SMARTS) is 2. The van der Waals surface area contributed by atoms with Gasteiger partial charge in [-0.3, -0.25) is 14.6 Å². The first-order valence-corrected chi connectivity index (χ1v) is 10.4. The van der Waals surface area contributed by atoms with E-state index in [0.29, 0.717) is 12.1 Å². The van der Waals surface area contributed by atoms with E-state index in [4.69, 9.17) is 19.8 Å². The number of aromatic nitrogens is 3. The topological polar surface area (TPSA) is 112 Å². The molecule has 36 heavy (non-hydrogen) atoms. The van der Waals surface area contributed by atoms with Crippen LogP contribution in [0.5, 0.6) is 0 Å². The Bertz CT molecular complexity index is 942. The summed E-state index contributed by atoms with van der Waals surface area (Å²) in [5.41, 5.74) is 2.61. The minimum atomic E-state index is -5.08. The van der Waals surface area contributed by atoms with Crippen molar-refractivity contribution in [3.63, 3.8) is 0 Å². The molecule has 0 amide bonds. The molecule has 9 nitrogen and oxygen atoms in total. The maximum absolute atomic E-state index is 10.6. The molecular weight excluding hydrogens is 500 g/mol. The van der Waals surface area contributed by atoms with Gasteiger partial charge in [0.1, 0.15) is 0 Å². The lowest BCUT2D eigenvalue weighted by Crippen LogP contribution is -2.43. The number of rotatable bonds is 5. The van der Waals surface area contributed by atoms with E-state index in [1.165, 1.54) is 17.5 Å². The summed E-state index contributed by atoms with van der Waals surface area (Å²) in [6.07, 6.45) is 0.0447. The molecule has 0 aliphatic carbocycles. The number of pyridine rings is 1. The predicted molar refractivity (Wildman–Crippen MR) is 115 cm³/mol. The van der Waals surface area contributed by atoms with Gasteiger partial charge in [0.2, 0.25) is 0 Å². The van der Waals surface area contributed by atoms with Crippen molar-refractivity contribution in [3.8, 4) is 0 Å². The molecule has 0 saturated carbocycles. The Morgan fingerprint density at radius 2 is 1.61 bits per heavy atom. The standard InChI is InChI=1S/C17H25N5.2C2HF3O2/c1-20(2)16-6-8-22(13-14-5-4-7-18-10-14)17(16)9-15-11-19-21(3)12-15;2*3-2(4,5)1(6)7/h4-5,7,10-12,16-17H,6,8-9,13H2,1-3H3;2*(H,6,7)/t16-,17+;;/m1../s1. The molecular formula is C21H27F6N5O4. The Labute approximate surface area is 202 Å². The highest BCUT2D eigenvalue weighted by atomic mass is 19.4. The summed E-state index contributed by atoms with van der Waals surface area (Å²) in [6.45, 7) is 2.12. The van der Waals surface area contributed by atoms with Crippen LogP contribution in [0.4, 0.5) is 26.3 Å². The molecule has 3 rings (SSSR count). The van der Waals surface area contributed by atoms with E-state index in [-0.39, 0.29) is 0 Å². The van der Waals surface area contributed by atoms with Crippen LogP contribution in [0.15, 0.2) is 36.9 Å². The lowest BCUT2D eigenvalue weighted by atomic mass is 10.0. The third-order valence-corrected chi connectivity index (χ3v) is 5.09. The minimum Gasteiger partial charge on any atom is -0.475 e. The van der Waals surface area contributed by atoms with Gasteiger partial charge in [0.25, 0.3) is 0 Å². The van der Waals surface area contributed by atoms with Crippen molar-refractivity contribution in [2.45, 2.75) is 43.8 Å². The van der Waals surface area contributed by atoms with Crippen LogP contribution in [-0.4, -0.2) is 91.8 Å². The highest BCUT2D eigenvalue weighted by Gasteiger charge is 2.39. The average molecular weight is 527 g/mol.